The number of hydrogen-bond acceptors (Lipinski definition) is 6. The lowest BCUT2D eigenvalue weighted by Gasteiger charge is -2.38. The van der Waals surface area contributed by atoms with Crippen molar-refractivity contribution in [1.82, 2.24) is 20.0 Å². The summed E-state index contributed by atoms with van der Waals surface area (Å²) in [7, 11) is 0. The van der Waals surface area contributed by atoms with Gasteiger partial charge in [-0.05, 0) is 62.7 Å². The number of aliphatic hydroxyl groups excluding tert-OH is 1. The minimum absolute atomic E-state index is 0.253. The summed E-state index contributed by atoms with van der Waals surface area (Å²) in [4.78, 5) is 5.55. The molecule has 0 atom stereocenters. The molecule has 0 saturated carbocycles. The number of nitrogens with zero attached hydrogens (tertiary/aromatic N) is 5. The molecular formula is C53H40N6O. The van der Waals surface area contributed by atoms with Crippen LogP contribution in [0.2, 0.25) is 0 Å². The van der Waals surface area contributed by atoms with Gasteiger partial charge in [-0.25, -0.2) is 9.67 Å². The van der Waals surface area contributed by atoms with Crippen molar-refractivity contribution in [2.45, 2.75) is 11.1 Å². The van der Waals surface area contributed by atoms with Crippen LogP contribution in [0.15, 0.2) is 218 Å². The average Bonchev–Trinajstić information content (AvgIpc) is 3.76. The maximum absolute atomic E-state index is 10.6. The van der Waals surface area contributed by atoms with Crippen molar-refractivity contribution in [2.75, 3.05) is 11.9 Å². The van der Waals surface area contributed by atoms with Crippen molar-refractivity contribution in [3.8, 4) is 6.07 Å². The second kappa shape index (κ2) is 16.5. The molecule has 7 heteroatoms. The fraction of sp³-hybridized carbons (Fsp3) is 0.0566. The van der Waals surface area contributed by atoms with Gasteiger partial charge in [0.2, 0.25) is 0 Å². The third kappa shape index (κ3) is 6.61. The number of aliphatic hydroxyl groups is 1. The Hall–Kier alpha value is -7.92. The number of benzene rings is 7. The van der Waals surface area contributed by atoms with Crippen molar-refractivity contribution >= 4 is 22.6 Å². The van der Waals surface area contributed by atoms with Crippen LogP contribution in [0.1, 0.15) is 50.1 Å². The SMILES string of the molecule is N#Cc1cccc(C(=CCO)c2cc(NC(c3ccccc3)(c3ccccc3)c3ccccc3)nc3c2nnn3C(c2ccccc2)(c2ccccc2)c2ccccc2)c1. The molecule has 2 aromatic heterocycles. The Kier molecular flexibility index (Phi) is 10.4. The summed E-state index contributed by atoms with van der Waals surface area (Å²) in [5.74, 6) is 0.543. The van der Waals surface area contributed by atoms with E-state index in [2.05, 4.69) is 121 Å². The number of anilines is 1. The molecule has 288 valence electrons. The molecule has 0 spiro atoms. The number of aromatic nitrogens is 4. The molecule has 2 heterocycles. The van der Waals surface area contributed by atoms with Crippen molar-refractivity contribution in [2.24, 2.45) is 0 Å². The van der Waals surface area contributed by atoms with E-state index < -0.39 is 11.1 Å². The fourth-order valence-corrected chi connectivity index (χ4v) is 8.51. The number of nitrogens with one attached hydrogen (secondary N) is 1. The molecule has 0 amide bonds. The first-order chi connectivity index (χ1) is 29.7. The number of nitriles is 1. The van der Waals surface area contributed by atoms with Gasteiger partial charge < -0.3 is 10.4 Å². The zero-order valence-corrected chi connectivity index (χ0v) is 32.7. The molecule has 0 aliphatic heterocycles. The van der Waals surface area contributed by atoms with E-state index in [1.165, 1.54) is 0 Å². The van der Waals surface area contributed by atoms with Gasteiger partial charge in [0.05, 0.1) is 18.2 Å². The van der Waals surface area contributed by atoms with Gasteiger partial charge in [-0.1, -0.05) is 205 Å². The highest BCUT2D eigenvalue weighted by atomic mass is 16.2. The van der Waals surface area contributed by atoms with Crippen LogP contribution < -0.4 is 5.32 Å². The molecular weight excluding hydrogens is 737 g/mol. The lowest BCUT2D eigenvalue weighted by Crippen LogP contribution is -2.39. The summed E-state index contributed by atoms with van der Waals surface area (Å²) in [6, 6.07) is 73.8. The Labute approximate surface area is 349 Å². The minimum Gasteiger partial charge on any atom is -0.392 e. The van der Waals surface area contributed by atoms with Crippen LogP contribution >= 0.6 is 0 Å². The van der Waals surface area contributed by atoms with Gasteiger partial charge in [0.1, 0.15) is 22.4 Å². The molecule has 0 aliphatic carbocycles. The number of fused-ring (bicyclic) bond motifs is 1. The van der Waals surface area contributed by atoms with Gasteiger partial charge in [-0.2, -0.15) is 5.26 Å². The van der Waals surface area contributed by atoms with E-state index in [0.717, 1.165) is 38.9 Å². The minimum atomic E-state index is -1.03. The van der Waals surface area contributed by atoms with Crippen molar-refractivity contribution in [1.29, 1.82) is 5.26 Å². The second-order valence-corrected chi connectivity index (χ2v) is 14.5. The van der Waals surface area contributed by atoms with Crippen LogP contribution in [-0.2, 0) is 11.1 Å². The monoisotopic (exact) mass is 776 g/mol. The lowest BCUT2D eigenvalue weighted by molar-refractivity contribution is 0.343. The van der Waals surface area contributed by atoms with Gasteiger partial charge in [-0.3, -0.25) is 0 Å². The molecule has 7 aromatic carbocycles. The first-order valence-corrected chi connectivity index (χ1v) is 19.9. The summed E-state index contributed by atoms with van der Waals surface area (Å²) in [6.07, 6.45) is 1.76. The first kappa shape index (κ1) is 37.6. The average molecular weight is 777 g/mol. The van der Waals surface area contributed by atoms with Crippen LogP contribution in [-0.4, -0.2) is 31.7 Å². The molecule has 0 aliphatic rings. The van der Waals surface area contributed by atoms with Gasteiger partial charge >= 0.3 is 0 Å². The predicted molar refractivity (Wildman–Crippen MR) is 238 cm³/mol. The molecule has 0 saturated heterocycles. The Morgan fingerprint density at radius 2 is 1.03 bits per heavy atom. The molecule has 9 rings (SSSR count). The van der Waals surface area contributed by atoms with E-state index in [9.17, 15) is 10.4 Å². The van der Waals surface area contributed by atoms with Crippen LogP contribution in [0, 0.1) is 11.3 Å². The normalized spacial score (nSPS) is 11.9. The summed E-state index contributed by atoms with van der Waals surface area (Å²) in [5.41, 5.74) is 7.64. The number of hydrogen-bond donors (Lipinski definition) is 2. The zero-order valence-electron chi connectivity index (χ0n) is 32.7. The smallest absolute Gasteiger partial charge is 0.182 e. The molecule has 2 N–H and O–H groups in total. The van der Waals surface area contributed by atoms with Crippen molar-refractivity contribution < 1.29 is 5.11 Å². The predicted octanol–water partition coefficient (Wildman–Crippen LogP) is 10.4. The Morgan fingerprint density at radius 3 is 1.47 bits per heavy atom. The first-order valence-electron chi connectivity index (χ1n) is 19.9. The maximum Gasteiger partial charge on any atom is 0.182 e. The molecule has 60 heavy (non-hydrogen) atoms. The lowest BCUT2D eigenvalue weighted by atomic mass is 9.77. The van der Waals surface area contributed by atoms with Crippen LogP contribution in [0.5, 0.6) is 0 Å². The summed E-state index contributed by atoms with van der Waals surface area (Å²) >= 11 is 0. The topological polar surface area (TPSA) is 99.7 Å². The van der Waals surface area contributed by atoms with E-state index in [0.29, 0.717) is 33.7 Å². The third-order valence-electron chi connectivity index (χ3n) is 11.1. The van der Waals surface area contributed by atoms with Gasteiger partial charge in [0, 0.05) is 5.56 Å². The molecule has 0 bridgehead atoms. The molecule has 7 nitrogen and oxygen atoms in total. The standard InChI is InChI=1S/C53H40N6O/c54-38-39-20-19-21-40(36-39)47(34-35-60)48-37-49(56-52(41-22-7-1-8-23-41,42-24-9-2-10-25-42)43-26-11-3-12-27-43)55-51-50(48)57-58-59(51)53(44-28-13-4-14-29-44,45-30-15-5-16-31-45)46-32-17-6-18-33-46/h1-34,36-37,60H,35H2,(H,55,56). The highest BCUT2D eigenvalue weighted by molar-refractivity contribution is 5.94. The Balaban J connectivity index is 1.41. The summed E-state index contributed by atoms with van der Waals surface area (Å²) < 4.78 is 1.94. The number of rotatable bonds is 12. The van der Waals surface area contributed by atoms with Gasteiger partial charge in [0.15, 0.2) is 5.65 Å². The zero-order chi connectivity index (χ0) is 40.8. The molecule has 0 unspecified atom stereocenters. The quantitative estimate of drug-likeness (QED) is 0.120. The van der Waals surface area contributed by atoms with Crippen LogP contribution in [0.3, 0.4) is 0 Å². The van der Waals surface area contributed by atoms with Crippen molar-refractivity contribution in [3.05, 3.63) is 268 Å². The fourth-order valence-electron chi connectivity index (χ4n) is 8.51. The largest absolute Gasteiger partial charge is 0.392 e. The van der Waals surface area contributed by atoms with Gasteiger partial charge in [-0.15, -0.1) is 5.10 Å². The third-order valence-corrected chi connectivity index (χ3v) is 11.1. The van der Waals surface area contributed by atoms with E-state index in [1.807, 2.05) is 102 Å². The maximum atomic E-state index is 10.6. The molecule has 0 fully saturated rings. The second-order valence-electron chi connectivity index (χ2n) is 14.5. The highest BCUT2D eigenvalue weighted by Crippen LogP contribution is 2.45. The highest BCUT2D eigenvalue weighted by Gasteiger charge is 2.42. The Bertz CT molecular complexity index is 2740. The van der Waals surface area contributed by atoms with E-state index in [1.54, 1.807) is 12.1 Å². The summed E-state index contributed by atoms with van der Waals surface area (Å²) in [5, 5.41) is 34.7. The van der Waals surface area contributed by atoms with Gasteiger partial charge in [0.25, 0.3) is 0 Å². The van der Waals surface area contributed by atoms with E-state index >= 15 is 0 Å². The Morgan fingerprint density at radius 1 is 0.583 bits per heavy atom. The van der Waals surface area contributed by atoms with Crippen LogP contribution in [0.25, 0.3) is 16.7 Å². The van der Waals surface area contributed by atoms with Crippen LogP contribution in [0.4, 0.5) is 5.82 Å². The molecule has 9 aromatic rings. The van der Waals surface area contributed by atoms with E-state index in [-0.39, 0.29) is 6.61 Å². The number of pyridine rings is 1. The van der Waals surface area contributed by atoms with Crippen molar-refractivity contribution in [3.63, 3.8) is 0 Å². The molecule has 0 radical (unpaired) electrons. The van der Waals surface area contributed by atoms with E-state index in [4.69, 9.17) is 15.3 Å². The summed E-state index contributed by atoms with van der Waals surface area (Å²) in [6.45, 7) is -0.253.